The van der Waals surface area contributed by atoms with Crippen molar-refractivity contribution < 1.29 is 23.8 Å². The van der Waals surface area contributed by atoms with E-state index in [9.17, 15) is 14.0 Å². The van der Waals surface area contributed by atoms with Gasteiger partial charge in [0, 0.05) is 5.69 Å². The van der Waals surface area contributed by atoms with Gasteiger partial charge < -0.3 is 15.2 Å². The van der Waals surface area contributed by atoms with Crippen molar-refractivity contribution in [2.75, 3.05) is 5.32 Å². The largest absolute Gasteiger partial charge is 0.481 e. The lowest BCUT2D eigenvalue weighted by atomic mass is 10.2. The van der Waals surface area contributed by atoms with Crippen molar-refractivity contribution in [3.05, 3.63) is 59.9 Å². The van der Waals surface area contributed by atoms with Crippen LogP contribution in [0, 0.1) is 5.82 Å². The van der Waals surface area contributed by atoms with Crippen LogP contribution < -0.4 is 10.1 Å². The fourth-order valence-corrected chi connectivity index (χ4v) is 1.74. The summed E-state index contributed by atoms with van der Waals surface area (Å²) in [6.07, 6.45) is -0.839. The van der Waals surface area contributed by atoms with Crippen LogP contribution in [0.15, 0.2) is 48.5 Å². The van der Waals surface area contributed by atoms with E-state index < -0.39 is 23.8 Å². The molecule has 0 aliphatic rings. The molecule has 114 valence electrons. The first kappa shape index (κ1) is 15.5. The molecule has 0 aromatic heterocycles. The number of carboxylic acids is 1. The van der Waals surface area contributed by atoms with E-state index in [1.807, 2.05) is 0 Å². The second-order valence-electron chi connectivity index (χ2n) is 4.59. The number of ether oxygens (including phenoxy) is 1. The zero-order valence-electron chi connectivity index (χ0n) is 11.7. The molecule has 0 saturated carbocycles. The van der Waals surface area contributed by atoms with Crippen LogP contribution in [0.4, 0.5) is 10.1 Å². The Morgan fingerprint density at radius 3 is 2.50 bits per heavy atom. The Bertz CT molecular complexity index is 685. The number of halogens is 1. The van der Waals surface area contributed by atoms with Gasteiger partial charge in [0.2, 0.25) is 0 Å². The van der Waals surface area contributed by atoms with Gasteiger partial charge in [-0.1, -0.05) is 6.07 Å². The van der Waals surface area contributed by atoms with Crippen LogP contribution in [0.2, 0.25) is 0 Å². The van der Waals surface area contributed by atoms with Gasteiger partial charge in [0.1, 0.15) is 11.6 Å². The van der Waals surface area contributed by atoms with Crippen LogP contribution in [-0.4, -0.2) is 23.1 Å². The molecule has 5 nitrogen and oxygen atoms in total. The molecule has 0 bridgehead atoms. The average molecular weight is 303 g/mol. The summed E-state index contributed by atoms with van der Waals surface area (Å²) in [6.45, 7) is 1.53. The molecule has 1 unspecified atom stereocenters. The summed E-state index contributed by atoms with van der Waals surface area (Å²) in [5.41, 5.74) is 0.518. The number of carboxylic acid groups (broad SMARTS) is 1. The molecule has 6 heteroatoms. The summed E-state index contributed by atoms with van der Waals surface area (Å²) in [7, 11) is 0. The topological polar surface area (TPSA) is 75.6 Å². The van der Waals surface area contributed by atoms with Gasteiger partial charge in [-0.2, -0.15) is 0 Å². The van der Waals surface area contributed by atoms with Crippen molar-refractivity contribution >= 4 is 17.6 Å². The molecule has 0 saturated heterocycles. The molecule has 0 spiro atoms. The highest BCUT2D eigenvalue weighted by atomic mass is 19.1. The highest BCUT2D eigenvalue weighted by Crippen LogP contribution is 2.16. The van der Waals surface area contributed by atoms with E-state index in [-0.39, 0.29) is 11.3 Å². The summed E-state index contributed by atoms with van der Waals surface area (Å²) in [5, 5.41) is 11.5. The number of carbonyl (C=O) groups is 2. The van der Waals surface area contributed by atoms with Gasteiger partial charge in [-0.25, -0.2) is 9.18 Å². The number of hydrogen-bond donors (Lipinski definition) is 2. The van der Waals surface area contributed by atoms with Crippen molar-refractivity contribution in [2.24, 2.45) is 0 Å². The van der Waals surface area contributed by atoms with Crippen LogP contribution in [0.3, 0.4) is 0 Å². The molecule has 1 amide bonds. The zero-order chi connectivity index (χ0) is 16.1. The lowest BCUT2D eigenvalue weighted by molar-refractivity contribution is -0.122. The SMILES string of the molecule is CC(Oc1cccc(C(=O)O)c1)C(=O)Nc1ccc(F)cc1. The Morgan fingerprint density at radius 1 is 1.18 bits per heavy atom. The number of hydrogen-bond acceptors (Lipinski definition) is 3. The van der Waals surface area contributed by atoms with Crippen molar-refractivity contribution in [3.63, 3.8) is 0 Å². The maximum Gasteiger partial charge on any atom is 0.335 e. The number of carbonyl (C=O) groups excluding carboxylic acids is 1. The minimum Gasteiger partial charge on any atom is -0.481 e. The molecule has 0 fully saturated rings. The van der Waals surface area contributed by atoms with Crippen LogP contribution in [0.5, 0.6) is 5.75 Å². The molecule has 2 rings (SSSR count). The van der Waals surface area contributed by atoms with Gasteiger partial charge >= 0.3 is 5.97 Å². The second kappa shape index (κ2) is 6.71. The Morgan fingerprint density at radius 2 is 1.86 bits per heavy atom. The van der Waals surface area contributed by atoms with Crippen molar-refractivity contribution in [1.82, 2.24) is 0 Å². The van der Waals surface area contributed by atoms with Crippen LogP contribution in [0.1, 0.15) is 17.3 Å². The quantitative estimate of drug-likeness (QED) is 0.890. The van der Waals surface area contributed by atoms with Gasteiger partial charge in [0.05, 0.1) is 5.56 Å². The molecule has 2 aromatic carbocycles. The Hall–Kier alpha value is -2.89. The van der Waals surface area contributed by atoms with E-state index in [0.29, 0.717) is 5.69 Å². The lowest BCUT2D eigenvalue weighted by Gasteiger charge is -2.15. The normalized spacial score (nSPS) is 11.5. The second-order valence-corrected chi connectivity index (χ2v) is 4.59. The molecule has 0 aliphatic carbocycles. The summed E-state index contributed by atoms with van der Waals surface area (Å²) in [5.74, 6) is -1.62. The monoisotopic (exact) mass is 303 g/mol. The number of nitrogens with one attached hydrogen (secondary N) is 1. The predicted octanol–water partition coefficient (Wildman–Crippen LogP) is 2.93. The van der Waals surface area contributed by atoms with E-state index in [1.54, 1.807) is 6.07 Å². The number of rotatable bonds is 5. The maximum atomic E-state index is 12.8. The van der Waals surface area contributed by atoms with Crippen LogP contribution in [-0.2, 0) is 4.79 Å². The molecule has 0 radical (unpaired) electrons. The number of aromatic carboxylic acids is 1. The zero-order valence-corrected chi connectivity index (χ0v) is 11.7. The summed E-state index contributed by atoms with van der Waals surface area (Å²) in [4.78, 5) is 22.9. The lowest BCUT2D eigenvalue weighted by Crippen LogP contribution is -2.30. The third-order valence-electron chi connectivity index (χ3n) is 2.87. The standard InChI is InChI=1S/C16H14FNO4/c1-10(15(19)18-13-7-5-12(17)6-8-13)22-14-4-2-3-11(9-14)16(20)21/h2-10H,1H3,(H,18,19)(H,20,21). The van der Waals surface area contributed by atoms with Gasteiger partial charge in [0.25, 0.3) is 5.91 Å². The predicted molar refractivity (Wildman–Crippen MR) is 78.5 cm³/mol. The summed E-state index contributed by atoms with van der Waals surface area (Å²) < 4.78 is 18.2. The number of benzene rings is 2. The molecule has 2 N–H and O–H groups in total. The van der Waals surface area contributed by atoms with Gasteiger partial charge in [0.15, 0.2) is 6.10 Å². The van der Waals surface area contributed by atoms with Crippen molar-refractivity contribution in [1.29, 1.82) is 0 Å². The smallest absolute Gasteiger partial charge is 0.335 e. The van der Waals surface area contributed by atoms with E-state index in [4.69, 9.17) is 9.84 Å². The highest BCUT2D eigenvalue weighted by Gasteiger charge is 2.15. The first-order chi connectivity index (χ1) is 10.5. The average Bonchev–Trinajstić information content (AvgIpc) is 2.49. The number of anilines is 1. The van der Waals surface area contributed by atoms with Gasteiger partial charge in [-0.3, -0.25) is 4.79 Å². The van der Waals surface area contributed by atoms with Gasteiger partial charge in [-0.05, 0) is 49.4 Å². The van der Waals surface area contributed by atoms with E-state index >= 15 is 0 Å². The summed E-state index contributed by atoms with van der Waals surface area (Å²) in [6, 6.07) is 11.2. The molecule has 0 aliphatic heterocycles. The Kier molecular flexibility index (Phi) is 4.73. The fourth-order valence-electron chi connectivity index (χ4n) is 1.74. The molecule has 0 heterocycles. The van der Waals surface area contributed by atoms with E-state index in [1.165, 1.54) is 49.4 Å². The fraction of sp³-hybridized carbons (Fsp3) is 0.125. The van der Waals surface area contributed by atoms with E-state index in [2.05, 4.69) is 5.32 Å². The molecule has 22 heavy (non-hydrogen) atoms. The highest BCUT2D eigenvalue weighted by molar-refractivity contribution is 5.94. The third-order valence-corrected chi connectivity index (χ3v) is 2.87. The minimum absolute atomic E-state index is 0.0728. The van der Waals surface area contributed by atoms with Crippen molar-refractivity contribution in [3.8, 4) is 5.75 Å². The van der Waals surface area contributed by atoms with Gasteiger partial charge in [-0.15, -0.1) is 0 Å². The summed E-state index contributed by atoms with van der Waals surface area (Å²) >= 11 is 0. The third kappa shape index (κ3) is 4.05. The van der Waals surface area contributed by atoms with Crippen LogP contribution >= 0.6 is 0 Å². The number of amides is 1. The van der Waals surface area contributed by atoms with Crippen LogP contribution in [0.25, 0.3) is 0 Å². The Balaban J connectivity index is 2.00. The maximum absolute atomic E-state index is 12.8. The molecular weight excluding hydrogens is 289 g/mol. The molecular formula is C16H14FNO4. The molecule has 1 atom stereocenters. The Labute approximate surface area is 126 Å². The molecule has 2 aromatic rings. The van der Waals surface area contributed by atoms with E-state index in [0.717, 1.165) is 0 Å². The first-order valence-corrected chi connectivity index (χ1v) is 6.52. The first-order valence-electron chi connectivity index (χ1n) is 6.52. The minimum atomic E-state index is -1.08. The van der Waals surface area contributed by atoms with Crippen molar-refractivity contribution in [2.45, 2.75) is 13.0 Å².